The van der Waals surface area contributed by atoms with Gasteiger partial charge in [-0.05, 0) is 37.0 Å². The third-order valence-corrected chi connectivity index (χ3v) is 3.93. The highest BCUT2D eigenvalue weighted by Crippen LogP contribution is 2.28. The number of rotatable bonds is 5. The summed E-state index contributed by atoms with van der Waals surface area (Å²) in [5.41, 5.74) is 6.16. The van der Waals surface area contributed by atoms with E-state index in [9.17, 15) is 0 Å². The largest absolute Gasteiger partial charge is 0.273 e. The van der Waals surface area contributed by atoms with E-state index in [1.807, 2.05) is 42.9 Å². The maximum Gasteiger partial charge on any atom is 0.0492 e. The predicted molar refractivity (Wildman–Crippen MR) is 77.8 cm³/mol. The van der Waals surface area contributed by atoms with Crippen molar-refractivity contribution in [3.05, 3.63) is 52.3 Å². The summed E-state index contributed by atoms with van der Waals surface area (Å²) in [5.74, 6) is 5.67. The zero-order valence-corrected chi connectivity index (χ0v) is 12.0. The second kappa shape index (κ2) is 6.19. The highest BCUT2D eigenvalue weighted by atomic mass is 35.5. The minimum absolute atomic E-state index is 0.0438. The lowest BCUT2D eigenvalue weighted by Crippen LogP contribution is -2.29. The van der Waals surface area contributed by atoms with E-state index in [4.69, 9.17) is 17.4 Å². The zero-order chi connectivity index (χ0) is 13.8. The SMILES string of the molecule is Cc1cccc(C(CCc2ccnn2C)NN)c1Cl. The Morgan fingerprint density at radius 3 is 2.84 bits per heavy atom. The second-order valence-corrected chi connectivity index (χ2v) is 5.06. The Balaban J connectivity index is 2.12. The molecule has 4 nitrogen and oxygen atoms in total. The molecule has 2 aromatic rings. The van der Waals surface area contributed by atoms with Crippen LogP contribution < -0.4 is 11.3 Å². The summed E-state index contributed by atoms with van der Waals surface area (Å²) >= 11 is 6.35. The van der Waals surface area contributed by atoms with E-state index in [2.05, 4.69) is 10.5 Å². The van der Waals surface area contributed by atoms with Crippen LogP contribution in [0, 0.1) is 6.92 Å². The lowest BCUT2D eigenvalue weighted by atomic mass is 9.99. The number of aromatic nitrogens is 2. The first-order chi connectivity index (χ1) is 9.13. The average molecular weight is 279 g/mol. The van der Waals surface area contributed by atoms with Gasteiger partial charge in [-0.2, -0.15) is 5.10 Å². The van der Waals surface area contributed by atoms with E-state index in [-0.39, 0.29) is 6.04 Å². The monoisotopic (exact) mass is 278 g/mol. The molecule has 2 rings (SSSR count). The van der Waals surface area contributed by atoms with Gasteiger partial charge in [0.1, 0.15) is 0 Å². The summed E-state index contributed by atoms with van der Waals surface area (Å²) in [6.07, 6.45) is 3.58. The number of hydrazine groups is 1. The molecule has 0 radical (unpaired) electrons. The van der Waals surface area contributed by atoms with Gasteiger partial charge in [-0.15, -0.1) is 0 Å². The Morgan fingerprint density at radius 1 is 1.42 bits per heavy atom. The second-order valence-electron chi connectivity index (χ2n) is 4.68. The summed E-state index contributed by atoms with van der Waals surface area (Å²) in [6, 6.07) is 8.09. The summed E-state index contributed by atoms with van der Waals surface area (Å²) in [6.45, 7) is 2.00. The molecule has 1 aromatic heterocycles. The highest BCUT2D eigenvalue weighted by molar-refractivity contribution is 6.32. The normalized spacial score (nSPS) is 12.6. The maximum atomic E-state index is 6.35. The molecule has 1 heterocycles. The van der Waals surface area contributed by atoms with Crippen molar-refractivity contribution in [2.75, 3.05) is 0 Å². The Morgan fingerprint density at radius 2 is 2.21 bits per heavy atom. The molecule has 5 heteroatoms. The molecular formula is C14H19ClN4. The maximum absolute atomic E-state index is 6.35. The van der Waals surface area contributed by atoms with Crippen LogP contribution in [0.2, 0.25) is 5.02 Å². The van der Waals surface area contributed by atoms with E-state index >= 15 is 0 Å². The van der Waals surface area contributed by atoms with Gasteiger partial charge in [0.05, 0.1) is 0 Å². The molecule has 1 unspecified atom stereocenters. The standard InChI is InChI=1S/C14H19ClN4/c1-10-4-3-5-12(14(10)15)13(18-16)7-6-11-8-9-17-19(11)2/h3-5,8-9,13,18H,6-7,16H2,1-2H3. The quantitative estimate of drug-likeness (QED) is 0.653. The van der Waals surface area contributed by atoms with Crippen LogP contribution in [0.3, 0.4) is 0 Å². The molecule has 0 fully saturated rings. The number of hydrogen-bond acceptors (Lipinski definition) is 3. The van der Waals surface area contributed by atoms with Crippen LogP contribution in [0.15, 0.2) is 30.5 Å². The van der Waals surface area contributed by atoms with Crippen LogP contribution in [0.25, 0.3) is 0 Å². The van der Waals surface area contributed by atoms with Gasteiger partial charge in [0.2, 0.25) is 0 Å². The van der Waals surface area contributed by atoms with Crippen molar-refractivity contribution in [1.82, 2.24) is 15.2 Å². The van der Waals surface area contributed by atoms with Gasteiger partial charge in [0.15, 0.2) is 0 Å². The molecule has 0 saturated carbocycles. The molecule has 0 saturated heterocycles. The molecule has 0 aliphatic heterocycles. The zero-order valence-electron chi connectivity index (χ0n) is 11.2. The Bertz CT molecular complexity index is 550. The smallest absolute Gasteiger partial charge is 0.0492 e. The molecule has 0 spiro atoms. The first-order valence-electron chi connectivity index (χ1n) is 6.31. The van der Waals surface area contributed by atoms with Crippen LogP contribution in [0.4, 0.5) is 0 Å². The first kappa shape index (κ1) is 14.1. The van der Waals surface area contributed by atoms with Gasteiger partial charge >= 0.3 is 0 Å². The Hall–Kier alpha value is -1.36. The molecule has 0 aliphatic rings. The third kappa shape index (κ3) is 3.15. The van der Waals surface area contributed by atoms with Crippen molar-refractivity contribution in [1.29, 1.82) is 0 Å². The summed E-state index contributed by atoms with van der Waals surface area (Å²) in [7, 11) is 1.94. The van der Waals surface area contributed by atoms with Gasteiger partial charge in [0, 0.05) is 30.0 Å². The molecule has 1 aromatic carbocycles. The Labute approximate surface area is 118 Å². The number of nitrogens with zero attached hydrogens (tertiary/aromatic N) is 2. The van der Waals surface area contributed by atoms with Crippen molar-refractivity contribution >= 4 is 11.6 Å². The van der Waals surface area contributed by atoms with Gasteiger partial charge in [-0.3, -0.25) is 16.0 Å². The van der Waals surface area contributed by atoms with Gasteiger partial charge in [0.25, 0.3) is 0 Å². The fourth-order valence-electron chi connectivity index (χ4n) is 2.21. The Kier molecular flexibility index (Phi) is 4.58. The first-order valence-corrected chi connectivity index (χ1v) is 6.69. The summed E-state index contributed by atoms with van der Waals surface area (Å²) in [4.78, 5) is 0. The van der Waals surface area contributed by atoms with E-state index in [0.717, 1.165) is 29.0 Å². The van der Waals surface area contributed by atoms with Crippen LogP contribution in [-0.4, -0.2) is 9.78 Å². The molecule has 0 bridgehead atoms. The molecule has 3 N–H and O–H groups in total. The minimum atomic E-state index is 0.0438. The molecule has 0 amide bonds. The number of aryl methyl sites for hydroxylation is 3. The van der Waals surface area contributed by atoms with Crippen LogP contribution >= 0.6 is 11.6 Å². The predicted octanol–water partition coefficient (Wildman–Crippen LogP) is 2.52. The van der Waals surface area contributed by atoms with Crippen LogP contribution in [0.5, 0.6) is 0 Å². The van der Waals surface area contributed by atoms with E-state index in [1.165, 1.54) is 5.69 Å². The molecular weight excluding hydrogens is 260 g/mol. The minimum Gasteiger partial charge on any atom is -0.273 e. The number of hydrogen-bond donors (Lipinski definition) is 2. The van der Waals surface area contributed by atoms with Crippen molar-refractivity contribution in [3.63, 3.8) is 0 Å². The number of nitrogens with two attached hydrogens (primary N) is 1. The molecule has 0 aliphatic carbocycles. The lowest BCUT2D eigenvalue weighted by Gasteiger charge is -2.18. The van der Waals surface area contributed by atoms with Crippen molar-refractivity contribution in [2.45, 2.75) is 25.8 Å². The topological polar surface area (TPSA) is 55.9 Å². The highest BCUT2D eigenvalue weighted by Gasteiger charge is 2.15. The van der Waals surface area contributed by atoms with E-state index < -0.39 is 0 Å². The summed E-state index contributed by atoms with van der Waals surface area (Å²) in [5, 5.41) is 4.95. The van der Waals surface area contributed by atoms with Crippen molar-refractivity contribution in [2.24, 2.45) is 12.9 Å². The average Bonchev–Trinajstić information content (AvgIpc) is 2.80. The van der Waals surface area contributed by atoms with E-state index in [1.54, 1.807) is 6.20 Å². The molecule has 1 atom stereocenters. The van der Waals surface area contributed by atoms with Gasteiger partial charge < -0.3 is 0 Å². The molecule has 19 heavy (non-hydrogen) atoms. The number of halogens is 1. The van der Waals surface area contributed by atoms with Crippen LogP contribution in [0.1, 0.15) is 29.3 Å². The molecule has 102 valence electrons. The van der Waals surface area contributed by atoms with Gasteiger partial charge in [-0.25, -0.2) is 0 Å². The number of nitrogens with one attached hydrogen (secondary N) is 1. The fourth-order valence-corrected chi connectivity index (χ4v) is 2.46. The van der Waals surface area contributed by atoms with Crippen molar-refractivity contribution in [3.8, 4) is 0 Å². The summed E-state index contributed by atoms with van der Waals surface area (Å²) < 4.78 is 1.88. The van der Waals surface area contributed by atoms with E-state index in [0.29, 0.717) is 0 Å². The van der Waals surface area contributed by atoms with Crippen LogP contribution in [-0.2, 0) is 13.5 Å². The number of benzene rings is 1. The van der Waals surface area contributed by atoms with Gasteiger partial charge in [-0.1, -0.05) is 29.8 Å². The lowest BCUT2D eigenvalue weighted by molar-refractivity contribution is 0.506. The fraction of sp³-hybridized carbons (Fsp3) is 0.357. The van der Waals surface area contributed by atoms with Crippen molar-refractivity contribution < 1.29 is 0 Å². The third-order valence-electron chi connectivity index (χ3n) is 3.41.